The molecule has 1 unspecified atom stereocenters. The SMILES string of the molecule is CC1CC=Cc2oc3c(ccc4c(-c5cccc(-c6nc(-c7ccccc7)nc(-c7ccc(-c8ccccc8)cc7)n6)c5)cccc43)c21. The molecular weight excluding hydrogens is 587 g/mol. The van der Waals surface area contributed by atoms with E-state index >= 15 is 0 Å². The van der Waals surface area contributed by atoms with Crippen molar-refractivity contribution in [2.45, 2.75) is 19.3 Å². The number of hydrogen-bond donors (Lipinski definition) is 0. The van der Waals surface area contributed by atoms with Crippen molar-refractivity contribution in [2.24, 2.45) is 0 Å². The molecule has 0 bridgehead atoms. The molecule has 1 aliphatic rings. The highest BCUT2D eigenvalue weighted by molar-refractivity contribution is 6.11. The van der Waals surface area contributed by atoms with Gasteiger partial charge in [-0.1, -0.05) is 146 Å². The third kappa shape index (κ3) is 4.90. The summed E-state index contributed by atoms with van der Waals surface area (Å²) in [5.74, 6) is 3.34. The molecule has 8 aromatic rings. The molecule has 48 heavy (non-hydrogen) atoms. The van der Waals surface area contributed by atoms with Crippen molar-refractivity contribution < 1.29 is 4.42 Å². The number of benzene rings is 6. The van der Waals surface area contributed by atoms with Gasteiger partial charge in [-0.3, -0.25) is 0 Å². The zero-order valence-corrected chi connectivity index (χ0v) is 26.5. The average molecular weight is 618 g/mol. The fourth-order valence-electron chi connectivity index (χ4n) is 6.95. The van der Waals surface area contributed by atoms with Gasteiger partial charge in [-0.05, 0) is 52.1 Å². The maximum absolute atomic E-state index is 6.49. The Kier molecular flexibility index (Phi) is 6.79. The fourth-order valence-corrected chi connectivity index (χ4v) is 6.95. The van der Waals surface area contributed by atoms with E-state index in [1.165, 1.54) is 16.5 Å². The molecular formula is C44H31N3O. The first-order chi connectivity index (χ1) is 23.7. The molecule has 0 saturated heterocycles. The van der Waals surface area contributed by atoms with E-state index in [4.69, 9.17) is 19.4 Å². The predicted molar refractivity (Wildman–Crippen MR) is 196 cm³/mol. The molecule has 228 valence electrons. The molecule has 0 radical (unpaired) electrons. The van der Waals surface area contributed by atoms with Crippen LogP contribution in [-0.2, 0) is 0 Å². The topological polar surface area (TPSA) is 51.8 Å². The summed E-state index contributed by atoms with van der Waals surface area (Å²) < 4.78 is 6.49. The third-order valence-corrected chi connectivity index (χ3v) is 9.38. The number of aromatic nitrogens is 3. The smallest absolute Gasteiger partial charge is 0.164 e. The zero-order chi connectivity index (χ0) is 32.0. The van der Waals surface area contributed by atoms with Crippen molar-refractivity contribution >= 4 is 27.8 Å². The van der Waals surface area contributed by atoms with Gasteiger partial charge in [-0.2, -0.15) is 0 Å². The minimum Gasteiger partial charge on any atom is -0.456 e. The molecule has 0 fully saturated rings. The largest absolute Gasteiger partial charge is 0.456 e. The lowest BCUT2D eigenvalue weighted by atomic mass is 9.89. The Morgan fingerprint density at radius 3 is 1.81 bits per heavy atom. The first-order valence-electron chi connectivity index (χ1n) is 16.4. The molecule has 2 heterocycles. The quantitative estimate of drug-likeness (QED) is 0.193. The van der Waals surface area contributed by atoms with Gasteiger partial charge in [-0.15, -0.1) is 0 Å². The third-order valence-electron chi connectivity index (χ3n) is 9.38. The van der Waals surface area contributed by atoms with Gasteiger partial charge in [0.2, 0.25) is 0 Å². The summed E-state index contributed by atoms with van der Waals surface area (Å²) in [6.45, 7) is 2.28. The van der Waals surface area contributed by atoms with Crippen LogP contribution in [-0.4, -0.2) is 15.0 Å². The van der Waals surface area contributed by atoms with Crippen molar-refractivity contribution in [1.82, 2.24) is 15.0 Å². The Balaban J connectivity index is 1.15. The van der Waals surface area contributed by atoms with Crippen molar-refractivity contribution in [3.05, 3.63) is 157 Å². The molecule has 1 atom stereocenters. The van der Waals surface area contributed by atoms with E-state index in [0.717, 1.165) is 61.9 Å². The lowest BCUT2D eigenvalue weighted by molar-refractivity contribution is 0.589. The number of rotatable bonds is 5. The summed E-state index contributed by atoms with van der Waals surface area (Å²) in [5.41, 5.74) is 9.66. The Morgan fingerprint density at radius 2 is 1.06 bits per heavy atom. The summed E-state index contributed by atoms with van der Waals surface area (Å²) in [5, 5.41) is 3.49. The van der Waals surface area contributed by atoms with Crippen LogP contribution in [0.3, 0.4) is 0 Å². The normalized spacial score (nSPS) is 14.0. The van der Waals surface area contributed by atoms with E-state index < -0.39 is 0 Å². The Morgan fingerprint density at radius 1 is 0.500 bits per heavy atom. The molecule has 0 aliphatic heterocycles. The van der Waals surface area contributed by atoms with Gasteiger partial charge in [0, 0.05) is 33.0 Å². The highest BCUT2D eigenvalue weighted by atomic mass is 16.3. The van der Waals surface area contributed by atoms with E-state index in [9.17, 15) is 0 Å². The van der Waals surface area contributed by atoms with E-state index in [2.05, 4.69) is 122 Å². The molecule has 6 aromatic carbocycles. The van der Waals surface area contributed by atoms with Crippen LogP contribution in [0.2, 0.25) is 0 Å². The molecule has 0 saturated carbocycles. The molecule has 2 aromatic heterocycles. The van der Waals surface area contributed by atoms with Crippen LogP contribution in [0.4, 0.5) is 0 Å². The summed E-state index contributed by atoms with van der Waals surface area (Å²) in [7, 11) is 0. The highest BCUT2D eigenvalue weighted by Gasteiger charge is 2.22. The van der Waals surface area contributed by atoms with E-state index in [0.29, 0.717) is 23.4 Å². The highest BCUT2D eigenvalue weighted by Crippen LogP contribution is 2.42. The minimum absolute atomic E-state index is 0.441. The average Bonchev–Trinajstić information content (AvgIpc) is 3.56. The summed E-state index contributed by atoms with van der Waals surface area (Å²) >= 11 is 0. The van der Waals surface area contributed by atoms with E-state index in [1.54, 1.807) is 0 Å². The van der Waals surface area contributed by atoms with Gasteiger partial charge in [0.1, 0.15) is 11.3 Å². The lowest BCUT2D eigenvalue weighted by Gasteiger charge is -2.13. The molecule has 0 amide bonds. The molecule has 1 aliphatic carbocycles. The zero-order valence-electron chi connectivity index (χ0n) is 26.5. The van der Waals surface area contributed by atoms with Gasteiger partial charge in [0.05, 0.1) is 0 Å². The summed E-state index contributed by atoms with van der Waals surface area (Å²) in [4.78, 5) is 15.0. The standard InChI is InChI=1S/C44H31N3O/c1-28-11-8-20-39-40(28)38-26-25-36-35(18-10-19-37(36)41(38)48-39)33-16-9-17-34(27-33)44-46-42(31-14-6-3-7-15-31)45-43(47-44)32-23-21-30(22-24-32)29-12-4-2-5-13-29/h2-10,12-28H,11H2,1H3. The number of furan rings is 1. The van der Waals surface area contributed by atoms with Crippen LogP contribution in [0.25, 0.3) is 84.2 Å². The number of allylic oxidation sites excluding steroid dienone is 1. The molecule has 9 rings (SSSR count). The first kappa shape index (κ1) is 28.1. The summed E-state index contributed by atoms with van der Waals surface area (Å²) in [6.07, 6.45) is 5.37. The van der Waals surface area contributed by atoms with E-state index in [-0.39, 0.29) is 0 Å². The monoisotopic (exact) mass is 617 g/mol. The van der Waals surface area contributed by atoms with Gasteiger partial charge in [0.15, 0.2) is 17.5 Å². The number of hydrogen-bond acceptors (Lipinski definition) is 4. The summed E-state index contributed by atoms with van der Waals surface area (Å²) in [6, 6.07) is 48.4. The lowest BCUT2D eigenvalue weighted by Crippen LogP contribution is -2.00. The minimum atomic E-state index is 0.441. The van der Waals surface area contributed by atoms with Crippen LogP contribution in [0.1, 0.15) is 30.6 Å². The Hall–Kier alpha value is -6.13. The predicted octanol–water partition coefficient (Wildman–Crippen LogP) is 11.6. The second-order valence-electron chi connectivity index (χ2n) is 12.5. The maximum atomic E-state index is 6.49. The van der Waals surface area contributed by atoms with Crippen LogP contribution in [0.15, 0.2) is 150 Å². The molecule has 0 spiro atoms. The van der Waals surface area contributed by atoms with Crippen LogP contribution >= 0.6 is 0 Å². The van der Waals surface area contributed by atoms with Gasteiger partial charge < -0.3 is 4.42 Å². The van der Waals surface area contributed by atoms with Crippen molar-refractivity contribution in [1.29, 1.82) is 0 Å². The second-order valence-corrected chi connectivity index (χ2v) is 12.5. The second kappa shape index (κ2) is 11.6. The van der Waals surface area contributed by atoms with Gasteiger partial charge >= 0.3 is 0 Å². The van der Waals surface area contributed by atoms with Crippen LogP contribution < -0.4 is 0 Å². The fraction of sp³-hybridized carbons (Fsp3) is 0.0682. The molecule has 4 nitrogen and oxygen atoms in total. The first-order valence-corrected chi connectivity index (χ1v) is 16.4. The Labute approximate surface area is 279 Å². The maximum Gasteiger partial charge on any atom is 0.164 e. The number of nitrogens with zero attached hydrogens (tertiary/aromatic N) is 3. The van der Waals surface area contributed by atoms with Gasteiger partial charge in [0.25, 0.3) is 0 Å². The van der Waals surface area contributed by atoms with Crippen molar-refractivity contribution in [3.8, 4) is 56.4 Å². The van der Waals surface area contributed by atoms with Crippen LogP contribution in [0.5, 0.6) is 0 Å². The van der Waals surface area contributed by atoms with Crippen molar-refractivity contribution in [2.75, 3.05) is 0 Å². The molecule has 0 N–H and O–H groups in total. The van der Waals surface area contributed by atoms with Gasteiger partial charge in [-0.25, -0.2) is 15.0 Å². The van der Waals surface area contributed by atoms with E-state index in [1.807, 2.05) is 36.4 Å². The molecule has 4 heteroatoms. The van der Waals surface area contributed by atoms with Crippen molar-refractivity contribution in [3.63, 3.8) is 0 Å². The van der Waals surface area contributed by atoms with Crippen LogP contribution in [0, 0.1) is 0 Å². The number of fused-ring (bicyclic) bond motifs is 5. The Bertz CT molecular complexity index is 2480.